The Hall–Kier alpha value is -3.39. The van der Waals surface area contributed by atoms with E-state index < -0.39 is 0 Å². The molecular weight excluding hydrogens is 422 g/mol. The number of aromatic nitrogens is 5. The zero-order chi connectivity index (χ0) is 22.3. The summed E-state index contributed by atoms with van der Waals surface area (Å²) in [5, 5.41) is 10.2. The number of H-pyrrole nitrogens is 1. The molecule has 8 heteroatoms. The lowest BCUT2D eigenvalue weighted by atomic mass is 10.1. The van der Waals surface area contributed by atoms with Gasteiger partial charge in [-0.3, -0.25) is 4.79 Å². The molecule has 2 heterocycles. The minimum atomic E-state index is -0.127. The molecule has 0 saturated heterocycles. The average Bonchev–Trinajstić information content (AvgIpc) is 3.20. The molecule has 164 valence electrons. The first-order chi connectivity index (χ1) is 15.7. The van der Waals surface area contributed by atoms with E-state index in [-0.39, 0.29) is 5.56 Å². The van der Waals surface area contributed by atoms with Crippen molar-refractivity contribution in [1.29, 1.82) is 0 Å². The Morgan fingerprint density at radius 2 is 1.94 bits per heavy atom. The number of allylic oxidation sites excluding steroid dienone is 1. The Labute approximate surface area is 190 Å². The molecule has 0 aliphatic carbocycles. The molecule has 0 aliphatic rings. The zero-order valence-corrected chi connectivity index (χ0v) is 18.8. The minimum absolute atomic E-state index is 0.127. The maximum absolute atomic E-state index is 12.3. The lowest BCUT2D eigenvalue weighted by Crippen LogP contribution is -2.11. The van der Waals surface area contributed by atoms with Crippen LogP contribution in [0.1, 0.15) is 23.6 Å². The van der Waals surface area contributed by atoms with E-state index in [0.717, 1.165) is 36.0 Å². The average molecular weight is 448 g/mol. The second kappa shape index (κ2) is 10.3. The Balaban J connectivity index is 1.42. The summed E-state index contributed by atoms with van der Waals surface area (Å²) in [6, 6.07) is 15.5. The van der Waals surface area contributed by atoms with E-state index in [1.54, 1.807) is 13.2 Å². The van der Waals surface area contributed by atoms with E-state index in [4.69, 9.17) is 4.74 Å². The third-order valence-electron chi connectivity index (χ3n) is 5.13. The van der Waals surface area contributed by atoms with Crippen LogP contribution >= 0.6 is 11.8 Å². The molecule has 2 aromatic heterocycles. The molecule has 7 nitrogen and oxygen atoms in total. The second-order valence-electron chi connectivity index (χ2n) is 7.32. The Bertz CT molecular complexity index is 1260. The first-order valence-corrected chi connectivity index (χ1v) is 11.4. The third kappa shape index (κ3) is 5.08. The van der Waals surface area contributed by atoms with Crippen LogP contribution in [0.2, 0.25) is 0 Å². The maximum Gasteiger partial charge on any atom is 0.258 e. The molecule has 0 saturated carbocycles. The smallest absolute Gasteiger partial charge is 0.258 e. The zero-order valence-electron chi connectivity index (χ0n) is 18.0. The third-order valence-corrected chi connectivity index (χ3v) is 6.11. The van der Waals surface area contributed by atoms with Crippen molar-refractivity contribution in [3.05, 3.63) is 88.8 Å². The van der Waals surface area contributed by atoms with Crippen LogP contribution in [0.3, 0.4) is 0 Å². The highest BCUT2D eigenvalue weighted by Gasteiger charge is 2.13. The van der Waals surface area contributed by atoms with Crippen molar-refractivity contribution in [2.75, 3.05) is 7.11 Å². The molecule has 2 aromatic carbocycles. The molecule has 0 radical (unpaired) electrons. The first-order valence-electron chi connectivity index (χ1n) is 10.4. The van der Waals surface area contributed by atoms with Gasteiger partial charge >= 0.3 is 0 Å². The Morgan fingerprint density at radius 3 is 2.72 bits per heavy atom. The number of hydrogen-bond acceptors (Lipinski definition) is 6. The quantitative estimate of drug-likeness (QED) is 0.290. The first kappa shape index (κ1) is 21.8. The van der Waals surface area contributed by atoms with Gasteiger partial charge in [-0.05, 0) is 42.7 Å². The fourth-order valence-corrected chi connectivity index (χ4v) is 4.34. The highest BCUT2D eigenvalue weighted by Crippen LogP contribution is 2.22. The van der Waals surface area contributed by atoms with Crippen LogP contribution in [0.15, 0.2) is 71.1 Å². The molecule has 0 atom stereocenters. The molecule has 0 aliphatic heterocycles. The lowest BCUT2D eigenvalue weighted by molar-refractivity contribution is 0.414. The van der Waals surface area contributed by atoms with Gasteiger partial charge in [0, 0.05) is 13.0 Å². The molecule has 0 fully saturated rings. The van der Waals surface area contributed by atoms with Gasteiger partial charge in [0.2, 0.25) is 0 Å². The SMILES string of the molecule is C=CCn1c(CCCc2ccc(OC)cc2)nnc1SCc1nc2ccccc2c(=O)[nH]1. The topological polar surface area (TPSA) is 85.7 Å². The molecule has 0 unspecified atom stereocenters. The fraction of sp³-hybridized carbons (Fsp3) is 0.250. The number of thioether (sulfide) groups is 1. The number of benzene rings is 2. The van der Waals surface area contributed by atoms with Gasteiger partial charge in [-0.25, -0.2) is 4.98 Å². The van der Waals surface area contributed by atoms with Gasteiger partial charge in [0.1, 0.15) is 17.4 Å². The Kier molecular flexibility index (Phi) is 7.01. The van der Waals surface area contributed by atoms with E-state index in [0.29, 0.717) is 29.0 Å². The summed E-state index contributed by atoms with van der Waals surface area (Å²) in [5.74, 6) is 2.92. The standard InChI is InChI=1S/C24H25N5O2S/c1-3-15-29-22(10-6-7-17-11-13-18(31-2)14-12-17)27-28-24(29)32-16-21-25-20-9-5-4-8-19(20)23(30)26-21/h3-5,8-9,11-14H,1,6-7,10,15-16H2,2H3,(H,25,26,30). The number of rotatable bonds is 10. The van der Waals surface area contributed by atoms with Crippen molar-refractivity contribution in [1.82, 2.24) is 24.7 Å². The molecule has 0 spiro atoms. The number of fused-ring (bicyclic) bond motifs is 1. The van der Waals surface area contributed by atoms with Gasteiger partial charge in [0.05, 0.1) is 23.8 Å². The van der Waals surface area contributed by atoms with Crippen LogP contribution in [0.25, 0.3) is 10.9 Å². The second-order valence-corrected chi connectivity index (χ2v) is 8.26. The van der Waals surface area contributed by atoms with Crippen molar-refractivity contribution >= 4 is 22.7 Å². The van der Waals surface area contributed by atoms with E-state index in [1.807, 2.05) is 36.4 Å². The van der Waals surface area contributed by atoms with E-state index in [1.165, 1.54) is 17.3 Å². The van der Waals surface area contributed by atoms with Gasteiger partial charge < -0.3 is 14.3 Å². The van der Waals surface area contributed by atoms with Gasteiger partial charge in [0.25, 0.3) is 5.56 Å². The number of aromatic amines is 1. The fourth-order valence-electron chi connectivity index (χ4n) is 3.50. The number of methoxy groups -OCH3 is 1. The normalized spacial score (nSPS) is 11.0. The molecule has 1 N–H and O–H groups in total. The van der Waals surface area contributed by atoms with Crippen molar-refractivity contribution in [2.24, 2.45) is 0 Å². The molecular formula is C24H25N5O2S. The molecule has 32 heavy (non-hydrogen) atoms. The summed E-state index contributed by atoms with van der Waals surface area (Å²) in [6.45, 7) is 4.50. The maximum atomic E-state index is 12.3. The van der Waals surface area contributed by atoms with Gasteiger partial charge in [0.15, 0.2) is 5.16 Å². The number of nitrogens with zero attached hydrogens (tertiary/aromatic N) is 4. The summed E-state index contributed by atoms with van der Waals surface area (Å²) >= 11 is 1.51. The number of nitrogens with one attached hydrogen (secondary N) is 1. The van der Waals surface area contributed by atoms with Gasteiger partial charge in [-0.15, -0.1) is 16.8 Å². The predicted molar refractivity (Wildman–Crippen MR) is 127 cm³/mol. The number of aryl methyl sites for hydroxylation is 2. The molecule has 4 rings (SSSR count). The van der Waals surface area contributed by atoms with Crippen LogP contribution in [0.5, 0.6) is 5.75 Å². The van der Waals surface area contributed by atoms with Crippen molar-refractivity contribution in [3.63, 3.8) is 0 Å². The van der Waals surface area contributed by atoms with Crippen LogP contribution in [0, 0.1) is 0 Å². The van der Waals surface area contributed by atoms with Crippen LogP contribution in [-0.2, 0) is 25.1 Å². The van der Waals surface area contributed by atoms with Gasteiger partial charge in [-0.1, -0.05) is 42.1 Å². The van der Waals surface area contributed by atoms with E-state index in [2.05, 4.69) is 43.4 Å². The van der Waals surface area contributed by atoms with Crippen molar-refractivity contribution < 1.29 is 4.74 Å². The summed E-state index contributed by atoms with van der Waals surface area (Å²) in [5.41, 5.74) is 1.83. The lowest BCUT2D eigenvalue weighted by Gasteiger charge is -2.08. The monoisotopic (exact) mass is 447 g/mol. The minimum Gasteiger partial charge on any atom is -0.497 e. The van der Waals surface area contributed by atoms with E-state index >= 15 is 0 Å². The van der Waals surface area contributed by atoms with Crippen molar-refractivity contribution in [2.45, 2.75) is 36.7 Å². The highest BCUT2D eigenvalue weighted by molar-refractivity contribution is 7.98. The Morgan fingerprint density at radius 1 is 1.12 bits per heavy atom. The predicted octanol–water partition coefficient (Wildman–Crippen LogP) is 4.18. The largest absolute Gasteiger partial charge is 0.497 e. The molecule has 0 bridgehead atoms. The molecule has 4 aromatic rings. The summed E-state index contributed by atoms with van der Waals surface area (Å²) < 4.78 is 7.29. The van der Waals surface area contributed by atoms with Gasteiger partial charge in [-0.2, -0.15) is 0 Å². The molecule has 0 amide bonds. The number of ether oxygens (including phenoxy) is 1. The summed E-state index contributed by atoms with van der Waals surface area (Å²) in [6.07, 6.45) is 4.58. The van der Waals surface area contributed by atoms with Crippen LogP contribution in [-0.4, -0.2) is 31.8 Å². The number of para-hydroxylation sites is 1. The van der Waals surface area contributed by atoms with Crippen LogP contribution < -0.4 is 10.3 Å². The summed E-state index contributed by atoms with van der Waals surface area (Å²) in [4.78, 5) is 19.7. The van der Waals surface area contributed by atoms with E-state index in [9.17, 15) is 4.79 Å². The van der Waals surface area contributed by atoms with Crippen molar-refractivity contribution in [3.8, 4) is 5.75 Å². The summed E-state index contributed by atoms with van der Waals surface area (Å²) in [7, 11) is 1.67. The van der Waals surface area contributed by atoms with Crippen LogP contribution in [0.4, 0.5) is 0 Å². The highest BCUT2D eigenvalue weighted by atomic mass is 32.2. The number of hydrogen-bond donors (Lipinski definition) is 1.